The Morgan fingerprint density at radius 1 is 0.857 bits per heavy atom. The van der Waals surface area contributed by atoms with Crippen molar-refractivity contribution in [1.29, 1.82) is 0 Å². The fourth-order valence-corrected chi connectivity index (χ4v) is 3.24. The van der Waals surface area contributed by atoms with Crippen molar-refractivity contribution >= 4 is 17.6 Å². The lowest BCUT2D eigenvalue weighted by Gasteiger charge is -2.25. The topological polar surface area (TPSA) is 135 Å². The Bertz CT molecular complexity index is 931. The van der Waals surface area contributed by atoms with Gasteiger partial charge in [0, 0.05) is 19.7 Å². The van der Waals surface area contributed by atoms with Crippen molar-refractivity contribution in [2.24, 2.45) is 0 Å². The fourth-order valence-electron chi connectivity index (χ4n) is 3.24. The lowest BCUT2D eigenvalue weighted by molar-refractivity contribution is -0.135. The van der Waals surface area contributed by atoms with Gasteiger partial charge in [0.15, 0.2) is 11.8 Å². The van der Waals surface area contributed by atoms with Crippen molar-refractivity contribution in [2.45, 2.75) is 6.04 Å². The van der Waals surface area contributed by atoms with Crippen molar-refractivity contribution in [3.05, 3.63) is 54.1 Å². The predicted molar refractivity (Wildman–Crippen MR) is 128 cm³/mol. The van der Waals surface area contributed by atoms with Gasteiger partial charge in [0.05, 0.1) is 33.0 Å². The van der Waals surface area contributed by atoms with Crippen molar-refractivity contribution in [3.8, 4) is 16.9 Å². The maximum absolute atomic E-state index is 12.8. The molecule has 1 atom stereocenters. The number of likely N-dealkylation sites (N-methyl/N-ethyl adjacent to an activating group) is 2. The van der Waals surface area contributed by atoms with Gasteiger partial charge in [0.25, 0.3) is 5.91 Å². The Labute approximate surface area is 204 Å². The van der Waals surface area contributed by atoms with Gasteiger partial charge in [-0.15, -0.1) is 0 Å². The molecule has 2 rings (SSSR count). The molecule has 0 aliphatic carbocycles. The summed E-state index contributed by atoms with van der Waals surface area (Å²) >= 11 is 0. The predicted octanol–water partition coefficient (Wildman–Crippen LogP) is 0.506. The number of benzene rings is 2. The fraction of sp³-hybridized carbons (Fsp3) is 0.400. The molecule has 0 aliphatic heterocycles. The second kappa shape index (κ2) is 14.8. The van der Waals surface area contributed by atoms with Crippen molar-refractivity contribution in [2.75, 3.05) is 60.3 Å². The number of amides is 2. The third-order valence-electron chi connectivity index (χ3n) is 5.09. The van der Waals surface area contributed by atoms with Crippen LogP contribution in [-0.4, -0.2) is 99.1 Å². The molecule has 10 heteroatoms. The molecule has 10 nitrogen and oxygen atoms in total. The van der Waals surface area contributed by atoms with Gasteiger partial charge in [0.2, 0.25) is 5.91 Å². The average molecular weight is 489 g/mol. The van der Waals surface area contributed by atoms with Crippen LogP contribution in [0.1, 0.15) is 10.4 Å². The number of carbonyl (C=O) groups is 3. The molecule has 2 aromatic rings. The summed E-state index contributed by atoms with van der Waals surface area (Å²) in [5, 5.41) is 20.1. The second-order valence-electron chi connectivity index (χ2n) is 7.46. The number of rotatable bonds is 15. The Hall–Kier alpha value is -3.31. The minimum Gasteiger partial charge on any atom is -0.491 e. The molecule has 0 radical (unpaired) electrons. The van der Waals surface area contributed by atoms with Gasteiger partial charge in [-0.2, -0.15) is 0 Å². The van der Waals surface area contributed by atoms with E-state index in [-0.39, 0.29) is 6.61 Å². The molecule has 3 N–H and O–H groups in total. The molecule has 2 amide bonds. The van der Waals surface area contributed by atoms with E-state index in [9.17, 15) is 14.4 Å². The van der Waals surface area contributed by atoms with E-state index in [1.807, 2.05) is 24.3 Å². The van der Waals surface area contributed by atoms with Crippen LogP contribution in [0.25, 0.3) is 11.1 Å². The number of hydrogen-bond acceptors (Lipinski definition) is 8. The van der Waals surface area contributed by atoms with Crippen LogP contribution in [0.4, 0.5) is 0 Å². The normalized spacial score (nSPS) is 11.5. The molecule has 190 valence electrons. The number of aliphatic hydroxyl groups is 2. The number of aliphatic hydroxyl groups excluding tert-OH is 2. The summed E-state index contributed by atoms with van der Waals surface area (Å²) in [4.78, 5) is 37.8. The van der Waals surface area contributed by atoms with Crippen LogP contribution in [0, 0.1) is 0 Å². The van der Waals surface area contributed by atoms with E-state index in [1.165, 1.54) is 14.1 Å². The summed E-state index contributed by atoms with van der Waals surface area (Å²) < 4.78 is 16.1. The van der Waals surface area contributed by atoms with Gasteiger partial charge in [-0.05, 0) is 35.4 Å². The monoisotopic (exact) mass is 488 g/mol. The van der Waals surface area contributed by atoms with E-state index in [1.54, 1.807) is 24.3 Å². The number of Topliss-reactive ketones (excluding diaryl/α,β-unsaturated/α-hetero) is 1. The molecular weight excluding hydrogens is 456 g/mol. The van der Waals surface area contributed by atoms with Gasteiger partial charge in [0.1, 0.15) is 19.0 Å². The standard InChI is InChI=1S/C25H32N2O8/c1-26-24(31)23(22(30)17-29)27(2)25(32)20-5-3-18(4-6-20)19-7-9-21(10-8-19)35-16-15-34-14-13-33-12-11-28/h3-10,23,28-29H,11-17H2,1-2H3,(H,26,31). The van der Waals surface area contributed by atoms with Gasteiger partial charge in [-0.25, -0.2) is 0 Å². The molecule has 0 bridgehead atoms. The zero-order valence-electron chi connectivity index (χ0n) is 19.9. The highest BCUT2D eigenvalue weighted by molar-refractivity contribution is 6.10. The molecule has 0 fully saturated rings. The lowest BCUT2D eigenvalue weighted by atomic mass is 10.0. The first-order valence-electron chi connectivity index (χ1n) is 11.1. The number of carbonyl (C=O) groups excluding carboxylic acids is 3. The van der Waals surface area contributed by atoms with E-state index >= 15 is 0 Å². The van der Waals surface area contributed by atoms with Gasteiger partial charge < -0.3 is 34.6 Å². The Morgan fingerprint density at radius 3 is 1.94 bits per heavy atom. The highest BCUT2D eigenvalue weighted by Crippen LogP contribution is 2.23. The molecule has 2 aromatic carbocycles. The Kier molecular flexibility index (Phi) is 11.8. The maximum Gasteiger partial charge on any atom is 0.254 e. The third-order valence-corrected chi connectivity index (χ3v) is 5.09. The van der Waals surface area contributed by atoms with Crippen LogP contribution in [0.3, 0.4) is 0 Å². The van der Waals surface area contributed by atoms with Crippen LogP contribution >= 0.6 is 0 Å². The van der Waals surface area contributed by atoms with Gasteiger partial charge in [-0.3, -0.25) is 14.4 Å². The average Bonchev–Trinajstić information content (AvgIpc) is 2.90. The molecule has 0 spiro atoms. The molecule has 35 heavy (non-hydrogen) atoms. The zero-order chi connectivity index (χ0) is 25.6. The van der Waals surface area contributed by atoms with Gasteiger partial charge in [-0.1, -0.05) is 24.3 Å². The minimum absolute atomic E-state index is 0.00808. The SMILES string of the molecule is CNC(=O)C(C(=O)CO)N(C)C(=O)c1ccc(-c2ccc(OCCOCCOCCO)cc2)cc1. The number of ketones is 1. The first kappa shape index (κ1) is 27.9. The van der Waals surface area contributed by atoms with Crippen LogP contribution in [0.2, 0.25) is 0 Å². The summed E-state index contributed by atoms with van der Waals surface area (Å²) in [5.41, 5.74) is 2.09. The Morgan fingerprint density at radius 2 is 1.40 bits per heavy atom. The lowest BCUT2D eigenvalue weighted by Crippen LogP contribution is -2.52. The summed E-state index contributed by atoms with van der Waals surface area (Å²) in [6.07, 6.45) is 0. The summed E-state index contributed by atoms with van der Waals surface area (Å²) in [7, 11) is 2.70. The van der Waals surface area contributed by atoms with Crippen molar-refractivity contribution in [3.63, 3.8) is 0 Å². The molecule has 1 unspecified atom stereocenters. The Balaban J connectivity index is 1.92. The van der Waals surface area contributed by atoms with E-state index < -0.39 is 30.2 Å². The quantitative estimate of drug-likeness (QED) is 0.244. The zero-order valence-corrected chi connectivity index (χ0v) is 19.9. The van der Waals surface area contributed by atoms with E-state index in [0.29, 0.717) is 44.3 Å². The molecule has 0 saturated carbocycles. The summed E-state index contributed by atoms with van der Waals surface area (Å²) in [6.45, 7) is 1.10. The van der Waals surface area contributed by atoms with Crippen LogP contribution in [0.15, 0.2) is 48.5 Å². The van der Waals surface area contributed by atoms with Crippen LogP contribution in [0.5, 0.6) is 5.75 Å². The summed E-state index contributed by atoms with van der Waals surface area (Å²) in [6, 6.07) is 12.8. The van der Waals surface area contributed by atoms with Crippen LogP contribution in [-0.2, 0) is 19.1 Å². The third kappa shape index (κ3) is 8.45. The second-order valence-corrected chi connectivity index (χ2v) is 7.46. The first-order chi connectivity index (χ1) is 16.9. The van der Waals surface area contributed by atoms with E-state index in [4.69, 9.17) is 24.4 Å². The van der Waals surface area contributed by atoms with Crippen LogP contribution < -0.4 is 10.1 Å². The van der Waals surface area contributed by atoms with Crippen molar-refractivity contribution in [1.82, 2.24) is 10.2 Å². The molecule has 0 aromatic heterocycles. The van der Waals surface area contributed by atoms with E-state index in [0.717, 1.165) is 16.0 Å². The van der Waals surface area contributed by atoms with E-state index in [2.05, 4.69) is 5.32 Å². The molecule has 0 saturated heterocycles. The number of hydrogen-bond donors (Lipinski definition) is 3. The largest absolute Gasteiger partial charge is 0.491 e. The maximum atomic E-state index is 12.8. The highest BCUT2D eigenvalue weighted by atomic mass is 16.5. The first-order valence-corrected chi connectivity index (χ1v) is 11.1. The number of nitrogens with one attached hydrogen (secondary N) is 1. The number of ether oxygens (including phenoxy) is 3. The highest BCUT2D eigenvalue weighted by Gasteiger charge is 2.32. The van der Waals surface area contributed by atoms with Gasteiger partial charge >= 0.3 is 0 Å². The molecule has 0 aliphatic rings. The van der Waals surface area contributed by atoms with Crippen molar-refractivity contribution < 1.29 is 38.8 Å². The molecular formula is C25H32N2O8. The minimum atomic E-state index is -1.41. The smallest absolute Gasteiger partial charge is 0.254 e. The number of nitrogens with zero attached hydrogens (tertiary/aromatic N) is 1. The summed E-state index contributed by atoms with van der Waals surface area (Å²) in [5.74, 6) is -1.26. The molecule has 0 heterocycles.